The molecule has 0 unspecified atom stereocenters. The molecule has 0 bridgehead atoms. The minimum Gasteiger partial charge on any atom is -0.378 e. The minimum atomic E-state index is -3.66. The van der Waals surface area contributed by atoms with Crippen molar-refractivity contribution in [3.05, 3.63) is 69.6 Å². The van der Waals surface area contributed by atoms with Crippen molar-refractivity contribution < 1.29 is 18.1 Å². The van der Waals surface area contributed by atoms with Gasteiger partial charge in [0, 0.05) is 36.3 Å². The number of anilines is 1. The van der Waals surface area contributed by atoms with E-state index >= 15 is 0 Å². The first-order valence-corrected chi connectivity index (χ1v) is 9.61. The molecule has 1 heterocycles. The highest BCUT2D eigenvalue weighted by molar-refractivity contribution is 7.94. The van der Waals surface area contributed by atoms with Crippen LogP contribution in [0.5, 0.6) is 0 Å². The maximum absolute atomic E-state index is 12.3. The number of morpholine rings is 1. The first-order chi connectivity index (χ1) is 12.5. The van der Waals surface area contributed by atoms with Crippen molar-refractivity contribution in [1.29, 1.82) is 0 Å². The van der Waals surface area contributed by atoms with E-state index < -0.39 is 14.8 Å². The van der Waals surface area contributed by atoms with E-state index in [2.05, 4.69) is 4.90 Å². The molecular formula is C18H18N2O5S. The number of rotatable bonds is 5. The second kappa shape index (κ2) is 7.67. The van der Waals surface area contributed by atoms with Gasteiger partial charge in [-0.1, -0.05) is 12.1 Å². The second-order valence-corrected chi connectivity index (χ2v) is 7.62. The summed E-state index contributed by atoms with van der Waals surface area (Å²) in [6.07, 6.45) is 1.51. The molecule has 1 aliphatic rings. The summed E-state index contributed by atoms with van der Waals surface area (Å²) in [6.45, 7) is 3.08. The number of nitrogens with zero attached hydrogens (tertiary/aromatic N) is 2. The lowest BCUT2D eigenvalue weighted by Crippen LogP contribution is -2.36. The molecule has 0 aromatic heterocycles. The van der Waals surface area contributed by atoms with Crippen molar-refractivity contribution in [2.24, 2.45) is 0 Å². The summed E-state index contributed by atoms with van der Waals surface area (Å²) < 4.78 is 30.0. The summed E-state index contributed by atoms with van der Waals surface area (Å²) in [5, 5.41) is 11.8. The van der Waals surface area contributed by atoms with Crippen LogP contribution in [0.4, 0.5) is 11.4 Å². The molecule has 0 amide bonds. The fourth-order valence-corrected chi connectivity index (χ4v) is 3.63. The Balaban J connectivity index is 1.72. The van der Waals surface area contributed by atoms with Crippen molar-refractivity contribution in [3.63, 3.8) is 0 Å². The Hall–Kier alpha value is -2.71. The third-order valence-electron chi connectivity index (χ3n) is 4.09. The smallest absolute Gasteiger partial charge is 0.269 e. The molecule has 1 fully saturated rings. The average molecular weight is 374 g/mol. The standard InChI is InChI=1S/C18H18N2O5S/c21-20(22)17-5-7-18(8-6-17)26(23,24)14-9-15-1-3-16(4-2-15)19-10-12-25-13-11-19/h1-9,14H,10-13H2/b14-9+. The zero-order chi connectivity index (χ0) is 18.6. The largest absolute Gasteiger partial charge is 0.378 e. The number of hydrogen-bond donors (Lipinski definition) is 0. The van der Waals surface area contributed by atoms with Crippen LogP contribution in [0.25, 0.3) is 6.08 Å². The van der Waals surface area contributed by atoms with Crippen LogP contribution in [0, 0.1) is 10.1 Å². The molecule has 0 saturated carbocycles. The predicted molar refractivity (Wildman–Crippen MR) is 98.8 cm³/mol. The molecule has 3 rings (SSSR count). The molecule has 1 saturated heterocycles. The molecule has 0 atom stereocenters. The van der Waals surface area contributed by atoms with Gasteiger partial charge in [-0.15, -0.1) is 0 Å². The molecule has 0 N–H and O–H groups in total. The van der Waals surface area contributed by atoms with E-state index in [0.29, 0.717) is 13.2 Å². The van der Waals surface area contributed by atoms with Crippen LogP contribution in [-0.2, 0) is 14.6 Å². The molecule has 26 heavy (non-hydrogen) atoms. The van der Waals surface area contributed by atoms with Crippen LogP contribution in [0.2, 0.25) is 0 Å². The van der Waals surface area contributed by atoms with Crippen LogP contribution >= 0.6 is 0 Å². The predicted octanol–water partition coefficient (Wildman–Crippen LogP) is 2.88. The van der Waals surface area contributed by atoms with Gasteiger partial charge in [-0.05, 0) is 35.9 Å². The molecule has 0 aliphatic carbocycles. The van der Waals surface area contributed by atoms with Crippen molar-refractivity contribution >= 4 is 27.3 Å². The van der Waals surface area contributed by atoms with E-state index in [-0.39, 0.29) is 10.6 Å². The topological polar surface area (TPSA) is 89.8 Å². The van der Waals surface area contributed by atoms with Crippen LogP contribution in [-0.4, -0.2) is 39.6 Å². The molecule has 0 spiro atoms. The average Bonchev–Trinajstić information content (AvgIpc) is 2.67. The summed E-state index contributed by atoms with van der Waals surface area (Å²) >= 11 is 0. The Morgan fingerprint density at radius 2 is 1.62 bits per heavy atom. The Labute approximate surface area is 151 Å². The Morgan fingerprint density at radius 1 is 1.00 bits per heavy atom. The van der Waals surface area contributed by atoms with Crippen LogP contribution in [0.3, 0.4) is 0 Å². The number of nitro groups is 1. The highest BCUT2D eigenvalue weighted by Crippen LogP contribution is 2.20. The fourth-order valence-electron chi connectivity index (χ4n) is 2.62. The van der Waals surface area contributed by atoms with Crippen LogP contribution in [0.1, 0.15) is 5.56 Å². The van der Waals surface area contributed by atoms with Crippen LogP contribution in [0.15, 0.2) is 58.8 Å². The van der Waals surface area contributed by atoms with E-state index in [1.165, 1.54) is 30.3 Å². The third-order valence-corrected chi connectivity index (χ3v) is 5.51. The molecular weight excluding hydrogens is 356 g/mol. The van der Waals surface area contributed by atoms with Gasteiger partial charge >= 0.3 is 0 Å². The molecule has 7 nitrogen and oxygen atoms in total. The number of non-ortho nitro benzene ring substituents is 1. The van der Waals surface area contributed by atoms with E-state index in [9.17, 15) is 18.5 Å². The highest BCUT2D eigenvalue weighted by atomic mass is 32.2. The van der Waals surface area contributed by atoms with E-state index in [4.69, 9.17) is 4.74 Å². The summed E-state index contributed by atoms with van der Waals surface area (Å²) in [6, 6.07) is 12.4. The van der Waals surface area contributed by atoms with Gasteiger partial charge in [0.2, 0.25) is 0 Å². The first kappa shape index (κ1) is 18.1. The number of hydrogen-bond acceptors (Lipinski definition) is 6. The zero-order valence-corrected chi connectivity index (χ0v) is 14.8. The molecule has 2 aromatic rings. The first-order valence-electron chi connectivity index (χ1n) is 8.06. The maximum atomic E-state index is 12.3. The van der Waals surface area contributed by atoms with Crippen LogP contribution < -0.4 is 4.90 Å². The molecule has 136 valence electrons. The third kappa shape index (κ3) is 4.27. The van der Waals surface area contributed by atoms with Gasteiger partial charge in [-0.25, -0.2) is 8.42 Å². The van der Waals surface area contributed by atoms with Gasteiger partial charge < -0.3 is 9.64 Å². The van der Waals surface area contributed by atoms with Crippen molar-refractivity contribution in [3.8, 4) is 0 Å². The van der Waals surface area contributed by atoms with Crippen molar-refractivity contribution in [2.45, 2.75) is 4.90 Å². The quantitative estimate of drug-likeness (QED) is 0.590. The lowest BCUT2D eigenvalue weighted by Gasteiger charge is -2.28. The highest BCUT2D eigenvalue weighted by Gasteiger charge is 2.13. The molecule has 1 aliphatic heterocycles. The lowest BCUT2D eigenvalue weighted by atomic mass is 10.2. The van der Waals surface area contributed by atoms with Gasteiger partial charge in [-0.2, -0.15) is 0 Å². The second-order valence-electron chi connectivity index (χ2n) is 5.79. The van der Waals surface area contributed by atoms with Gasteiger partial charge in [0.05, 0.1) is 23.0 Å². The Kier molecular flexibility index (Phi) is 5.34. The number of benzene rings is 2. The normalized spacial score (nSPS) is 15.3. The van der Waals surface area contributed by atoms with Crippen molar-refractivity contribution in [2.75, 3.05) is 31.2 Å². The zero-order valence-electron chi connectivity index (χ0n) is 13.9. The summed E-state index contributed by atoms with van der Waals surface area (Å²) in [5.41, 5.74) is 1.68. The molecule has 0 radical (unpaired) electrons. The number of ether oxygens (including phenoxy) is 1. The van der Waals surface area contributed by atoms with E-state index in [1.54, 1.807) is 0 Å². The monoisotopic (exact) mass is 374 g/mol. The summed E-state index contributed by atoms with van der Waals surface area (Å²) in [5.74, 6) is 0. The van der Waals surface area contributed by atoms with Gasteiger partial charge in [0.25, 0.3) is 5.69 Å². The Morgan fingerprint density at radius 3 is 2.19 bits per heavy atom. The minimum absolute atomic E-state index is 0.0179. The molecule has 8 heteroatoms. The molecule has 2 aromatic carbocycles. The van der Waals surface area contributed by atoms with Gasteiger partial charge in [0.15, 0.2) is 9.84 Å². The fraction of sp³-hybridized carbons (Fsp3) is 0.222. The SMILES string of the molecule is O=[N+]([O-])c1ccc(S(=O)(=O)/C=C/c2ccc(N3CCOCC3)cc2)cc1. The Bertz CT molecular complexity index is 900. The van der Waals surface area contributed by atoms with Gasteiger partial charge in [0.1, 0.15) is 0 Å². The van der Waals surface area contributed by atoms with E-state index in [0.717, 1.165) is 29.7 Å². The summed E-state index contributed by atoms with van der Waals surface area (Å²) in [7, 11) is -3.66. The van der Waals surface area contributed by atoms with E-state index in [1.807, 2.05) is 24.3 Å². The lowest BCUT2D eigenvalue weighted by molar-refractivity contribution is -0.384. The maximum Gasteiger partial charge on any atom is 0.269 e. The number of nitro benzene ring substituents is 1. The number of sulfone groups is 1. The van der Waals surface area contributed by atoms with Gasteiger partial charge in [-0.3, -0.25) is 10.1 Å². The van der Waals surface area contributed by atoms with Crippen molar-refractivity contribution in [1.82, 2.24) is 0 Å². The summed E-state index contributed by atoms with van der Waals surface area (Å²) in [4.78, 5) is 12.3.